The van der Waals surface area contributed by atoms with E-state index in [4.69, 9.17) is 37.7 Å². The van der Waals surface area contributed by atoms with Crippen molar-refractivity contribution in [3.8, 4) is 11.9 Å². The van der Waals surface area contributed by atoms with E-state index in [1.54, 1.807) is 79.7 Å². The summed E-state index contributed by atoms with van der Waals surface area (Å²) in [5, 5.41) is 26.7. The van der Waals surface area contributed by atoms with Crippen molar-refractivity contribution in [1.29, 1.82) is 5.26 Å². The summed E-state index contributed by atoms with van der Waals surface area (Å²) in [6, 6.07) is 36.1. The van der Waals surface area contributed by atoms with Gasteiger partial charge in [-0.05, 0) is 150 Å². The van der Waals surface area contributed by atoms with Gasteiger partial charge in [0.2, 0.25) is 5.88 Å². The lowest BCUT2D eigenvalue weighted by atomic mass is 9.97. The molecule has 2 N–H and O–H groups in total. The Labute approximate surface area is 597 Å². The Balaban J connectivity index is 0.000000197. The normalized spacial score (nSPS) is 10.8. The van der Waals surface area contributed by atoms with E-state index >= 15 is 0 Å². The van der Waals surface area contributed by atoms with Crippen molar-refractivity contribution in [2.24, 2.45) is 0 Å². The number of nitrogens with zero attached hydrogens (tertiary/aromatic N) is 7. The topological polar surface area (TPSA) is 233 Å². The number of halogens is 6. The predicted octanol–water partition coefficient (Wildman–Crippen LogP) is 19.6. The Hall–Kier alpha value is -9.66. The first-order valence-electron chi connectivity index (χ1n) is 31.7. The molecule has 522 valence electrons. The number of ether oxygens (including phenoxy) is 1. The highest BCUT2D eigenvalue weighted by atomic mass is 35.5. The molecule has 0 atom stereocenters. The summed E-state index contributed by atoms with van der Waals surface area (Å²) in [5.41, 5.74) is 6.54. The average molecular weight is 1440 g/mol. The van der Waals surface area contributed by atoms with Crippen LogP contribution in [0.1, 0.15) is 215 Å². The van der Waals surface area contributed by atoms with Gasteiger partial charge in [-0.15, -0.1) is 32.9 Å². The Kier molecular flexibility index (Phi) is 29.8. The number of benzene rings is 3. The van der Waals surface area contributed by atoms with E-state index in [1.807, 2.05) is 99.6 Å². The number of amides is 2. The highest BCUT2D eigenvalue weighted by molar-refractivity contribution is 7.15. The molecule has 0 spiro atoms. The van der Waals surface area contributed by atoms with E-state index < -0.39 is 0 Å². The van der Waals surface area contributed by atoms with Crippen LogP contribution in [0.3, 0.4) is 0 Å². The van der Waals surface area contributed by atoms with Crippen LogP contribution in [0, 0.1) is 55.4 Å². The zero-order valence-electron chi connectivity index (χ0n) is 57.8. The maximum Gasteiger partial charge on any atom is 0.266 e. The number of anilines is 2. The van der Waals surface area contributed by atoms with Gasteiger partial charge in [0, 0.05) is 58.7 Å². The van der Waals surface area contributed by atoms with Crippen molar-refractivity contribution in [1.82, 2.24) is 30.3 Å². The largest absolute Gasteiger partial charge is 0.480 e. The van der Waals surface area contributed by atoms with E-state index in [0.717, 1.165) is 27.4 Å². The highest BCUT2D eigenvalue weighted by Gasteiger charge is 2.21. The lowest BCUT2D eigenvalue weighted by molar-refractivity contribution is 0.0977. The van der Waals surface area contributed by atoms with Crippen LogP contribution in [-0.4, -0.2) is 66.6 Å². The Morgan fingerprint density at radius 1 is 0.540 bits per heavy atom. The van der Waals surface area contributed by atoms with Crippen LogP contribution in [0.5, 0.6) is 5.88 Å². The van der Waals surface area contributed by atoms with Gasteiger partial charge in [0.25, 0.3) is 11.8 Å². The molecule has 2 amide bonds. The maximum atomic E-state index is 13.7. The van der Waals surface area contributed by atoms with E-state index in [-0.39, 0.29) is 112 Å². The quantitative estimate of drug-likeness (QED) is 0.0566. The fourth-order valence-corrected chi connectivity index (χ4v) is 12.0. The molecule has 10 rings (SSSR count). The van der Waals surface area contributed by atoms with Crippen LogP contribution in [0.15, 0.2) is 138 Å². The molecule has 24 heteroatoms. The van der Waals surface area contributed by atoms with Gasteiger partial charge in [0.05, 0.1) is 32.5 Å². The molecule has 7 aromatic heterocycles. The fourth-order valence-electron chi connectivity index (χ4n) is 9.44. The molecule has 0 radical (unpaired) electrons. The van der Waals surface area contributed by atoms with E-state index in [9.17, 15) is 41.5 Å². The number of hydrogen-bond donors (Lipinski definition) is 2. The molecule has 10 aromatic rings. The maximum absolute atomic E-state index is 13.7. The first kappa shape index (κ1) is 79.3. The van der Waals surface area contributed by atoms with Gasteiger partial charge in [-0.1, -0.05) is 146 Å². The smallest absolute Gasteiger partial charge is 0.266 e. The van der Waals surface area contributed by atoms with Crippen molar-refractivity contribution >= 4 is 86.7 Å². The number of carbonyl (C=O) groups is 5. The highest BCUT2D eigenvalue weighted by Crippen LogP contribution is 2.34. The SMILES string of the molecule is CC(C)c1cc(CC(=O)c2ncc(Cl)cc2C#N)ccc1F.COc1ccc(C(=O)Cc2ccc(F)c(C(C)C)c2)nn1.Cc1cc(C(=O)Cc2ccc(F)c(C(C)C)c2)no1.Cc1cccc(NC(=O)c2cc(Cl)c(C(C)C)s2)n1.Cc1cccc(NC(=O)c2cc(F)c(C(C)C)s2)n1. The molecule has 100 heavy (non-hydrogen) atoms. The van der Waals surface area contributed by atoms with Gasteiger partial charge < -0.3 is 19.9 Å². The molecule has 16 nitrogen and oxygen atoms in total. The number of aryl methyl sites for hydroxylation is 3. The molecule has 3 aromatic carbocycles. The first-order chi connectivity index (χ1) is 47.3. The summed E-state index contributed by atoms with van der Waals surface area (Å²) in [7, 11) is 1.48. The van der Waals surface area contributed by atoms with Crippen molar-refractivity contribution < 1.29 is 50.8 Å². The van der Waals surface area contributed by atoms with E-state index in [1.165, 1.54) is 66.3 Å². The Morgan fingerprint density at radius 2 is 1.00 bits per heavy atom. The van der Waals surface area contributed by atoms with Gasteiger partial charge in [0.1, 0.15) is 63.8 Å². The van der Waals surface area contributed by atoms with Crippen LogP contribution < -0.4 is 15.4 Å². The Bertz CT molecular complexity index is 4440. The van der Waals surface area contributed by atoms with Gasteiger partial charge in [-0.25, -0.2) is 27.5 Å². The van der Waals surface area contributed by atoms with Gasteiger partial charge in [-0.3, -0.25) is 29.0 Å². The molecule has 0 aliphatic rings. The number of nitrogens with one attached hydrogen (secondary N) is 2. The van der Waals surface area contributed by atoms with Crippen molar-refractivity contribution in [3.63, 3.8) is 0 Å². The number of hydrogen-bond acceptors (Lipinski definition) is 16. The lowest BCUT2D eigenvalue weighted by Crippen LogP contribution is -2.11. The second-order valence-corrected chi connectivity index (χ2v) is 27.5. The van der Waals surface area contributed by atoms with E-state index in [2.05, 4.69) is 54.8 Å². The number of carbonyl (C=O) groups excluding carboxylic acids is 5. The molecule has 0 saturated carbocycles. The van der Waals surface area contributed by atoms with Crippen LogP contribution in [0.4, 0.5) is 29.2 Å². The summed E-state index contributed by atoms with van der Waals surface area (Å²) in [6.45, 7) is 24.8. The third-order valence-electron chi connectivity index (χ3n) is 14.6. The lowest BCUT2D eigenvalue weighted by Gasteiger charge is -2.09. The minimum Gasteiger partial charge on any atom is -0.480 e. The van der Waals surface area contributed by atoms with Crippen LogP contribution >= 0.6 is 45.9 Å². The first-order valence-corrected chi connectivity index (χ1v) is 34.1. The average Bonchev–Trinajstić information content (AvgIpc) is 1.14. The second kappa shape index (κ2) is 37.5. The minimum atomic E-state index is -0.325. The third kappa shape index (κ3) is 23.5. The Morgan fingerprint density at radius 3 is 1.39 bits per heavy atom. The number of pyridine rings is 3. The van der Waals surface area contributed by atoms with Crippen LogP contribution in [0.2, 0.25) is 10.0 Å². The zero-order chi connectivity index (χ0) is 73.7. The van der Waals surface area contributed by atoms with Gasteiger partial charge >= 0.3 is 0 Å². The number of Topliss-reactive ketones (excluding diaryl/α,β-unsaturated/α-hetero) is 3. The number of nitriles is 1. The second-order valence-electron chi connectivity index (χ2n) is 24.5. The number of thiophene rings is 2. The molecular formula is C76H77Cl2F4N9O7S2. The third-order valence-corrected chi connectivity index (χ3v) is 18.1. The van der Waals surface area contributed by atoms with Crippen molar-refractivity contribution in [2.45, 2.75) is 139 Å². The monoisotopic (exact) mass is 1440 g/mol. The molecule has 0 fully saturated rings. The standard InChI is InChI=1S/C17H14ClFN2O.C16H17FN2O2.C15H16FNO2.C14H15ClN2OS.C14H15FN2OS/c1-10(2)14-5-11(3-4-15(14)19)6-16(22)17-12(8-20)7-13(18)9-21-17;1-10(2)12-8-11(4-5-13(12)17)9-15(20)14-6-7-16(21-3)19-18-14;1-9(2)12-7-11(4-5-13(12)16)8-15(18)14-6-10(3)19-17-14;2*1-8(2)13-10(15)7-11(19-13)14(18)17-12-6-4-5-9(3)16-12/h3-5,7,9-10H,6H2,1-2H3;4-8,10H,9H2,1-3H3;4-7,9H,8H2,1-3H3;2*4-8H,1-3H3,(H,16,17,18). The number of rotatable bonds is 19. The molecule has 7 heterocycles. The molecule has 0 aliphatic heterocycles. The summed E-state index contributed by atoms with van der Waals surface area (Å²) < 4.78 is 64.3. The van der Waals surface area contributed by atoms with Gasteiger partial charge in [0.15, 0.2) is 17.3 Å². The summed E-state index contributed by atoms with van der Waals surface area (Å²) in [4.78, 5) is 75.5. The molecule has 0 unspecified atom stereocenters. The zero-order valence-corrected chi connectivity index (χ0v) is 60.9. The molecule has 0 bridgehead atoms. The van der Waals surface area contributed by atoms with Gasteiger partial charge in [-0.2, -0.15) is 5.26 Å². The summed E-state index contributed by atoms with van der Waals surface area (Å²) in [5.74, 6) is 0.407. The van der Waals surface area contributed by atoms with E-state index in [0.29, 0.717) is 81.8 Å². The summed E-state index contributed by atoms with van der Waals surface area (Å²) in [6.07, 6.45) is 1.76. The number of methoxy groups -OCH3 is 1. The van der Waals surface area contributed by atoms with Crippen molar-refractivity contribution in [3.05, 3.63) is 260 Å². The summed E-state index contributed by atoms with van der Waals surface area (Å²) >= 11 is 14.5. The molecular weight excluding hydrogens is 1360 g/mol. The van der Waals surface area contributed by atoms with Crippen molar-refractivity contribution in [2.75, 3.05) is 17.7 Å². The number of ketones is 3. The predicted molar refractivity (Wildman–Crippen MR) is 385 cm³/mol. The molecule has 0 aliphatic carbocycles. The van der Waals surface area contributed by atoms with Crippen LogP contribution in [0.25, 0.3) is 0 Å². The molecule has 0 saturated heterocycles. The van der Waals surface area contributed by atoms with Crippen LogP contribution in [-0.2, 0) is 19.3 Å². The fraction of sp³-hybridized carbons (Fsp3) is 0.289. The number of aromatic nitrogens is 6. The minimum absolute atomic E-state index is 0.0263.